The molecule has 1 aliphatic rings. The van der Waals surface area contributed by atoms with Crippen LogP contribution in [0.4, 0.5) is 11.5 Å². The molecule has 3 nitrogen and oxygen atoms in total. The van der Waals surface area contributed by atoms with Crippen LogP contribution in [0.5, 0.6) is 0 Å². The van der Waals surface area contributed by atoms with Crippen molar-refractivity contribution < 1.29 is 0 Å². The van der Waals surface area contributed by atoms with E-state index in [2.05, 4.69) is 52.9 Å². The first kappa shape index (κ1) is 12.0. The second-order valence-electron chi connectivity index (χ2n) is 4.98. The molecule has 2 aromatic rings. The van der Waals surface area contributed by atoms with E-state index in [0.717, 1.165) is 30.9 Å². The van der Waals surface area contributed by atoms with Gasteiger partial charge >= 0.3 is 0 Å². The van der Waals surface area contributed by atoms with Gasteiger partial charge in [0.2, 0.25) is 0 Å². The van der Waals surface area contributed by atoms with E-state index in [4.69, 9.17) is 0 Å². The summed E-state index contributed by atoms with van der Waals surface area (Å²) >= 11 is 0. The molecule has 3 rings (SSSR count). The summed E-state index contributed by atoms with van der Waals surface area (Å²) in [7, 11) is 0. The Labute approximate surface area is 114 Å². The standard InChI is InChI=1S/C16H19N3/c1-2-17-16-11-14(7-8-18-16)19-15-9-12-5-3-4-6-13(12)10-15/h3-8,11,15H,2,9-10H2,1H3,(H2,17,18,19). The first-order valence-electron chi connectivity index (χ1n) is 6.88. The zero-order chi connectivity index (χ0) is 13.1. The third kappa shape index (κ3) is 2.70. The van der Waals surface area contributed by atoms with Gasteiger partial charge in [-0.1, -0.05) is 24.3 Å². The average molecular weight is 253 g/mol. The van der Waals surface area contributed by atoms with Gasteiger partial charge in [0.15, 0.2) is 0 Å². The molecule has 0 bridgehead atoms. The molecule has 0 unspecified atom stereocenters. The molecule has 0 spiro atoms. The second kappa shape index (κ2) is 5.31. The molecule has 0 radical (unpaired) electrons. The van der Waals surface area contributed by atoms with Gasteiger partial charge < -0.3 is 10.6 Å². The van der Waals surface area contributed by atoms with Crippen LogP contribution in [0.25, 0.3) is 0 Å². The van der Waals surface area contributed by atoms with Crippen LogP contribution in [-0.2, 0) is 12.8 Å². The van der Waals surface area contributed by atoms with Gasteiger partial charge in [-0.15, -0.1) is 0 Å². The van der Waals surface area contributed by atoms with Crippen molar-refractivity contribution in [2.24, 2.45) is 0 Å². The van der Waals surface area contributed by atoms with Crippen LogP contribution in [0.3, 0.4) is 0 Å². The van der Waals surface area contributed by atoms with Gasteiger partial charge in [-0.2, -0.15) is 0 Å². The molecule has 0 saturated carbocycles. The number of hydrogen-bond acceptors (Lipinski definition) is 3. The topological polar surface area (TPSA) is 37.0 Å². The van der Waals surface area contributed by atoms with Crippen molar-refractivity contribution >= 4 is 11.5 Å². The molecule has 0 atom stereocenters. The summed E-state index contributed by atoms with van der Waals surface area (Å²) in [4.78, 5) is 4.29. The normalized spacial score (nSPS) is 14.2. The minimum atomic E-state index is 0.495. The first-order valence-corrected chi connectivity index (χ1v) is 6.88. The number of pyridine rings is 1. The highest BCUT2D eigenvalue weighted by molar-refractivity contribution is 5.53. The van der Waals surface area contributed by atoms with Crippen LogP contribution in [0, 0.1) is 0 Å². The van der Waals surface area contributed by atoms with E-state index in [1.807, 2.05) is 12.3 Å². The monoisotopic (exact) mass is 253 g/mol. The molecule has 1 aromatic heterocycles. The molecule has 2 N–H and O–H groups in total. The average Bonchev–Trinajstić information content (AvgIpc) is 2.81. The third-order valence-electron chi connectivity index (χ3n) is 3.54. The summed E-state index contributed by atoms with van der Waals surface area (Å²) < 4.78 is 0. The van der Waals surface area contributed by atoms with E-state index in [1.165, 1.54) is 11.1 Å². The minimum Gasteiger partial charge on any atom is -0.381 e. The minimum absolute atomic E-state index is 0.495. The maximum absolute atomic E-state index is 4.29. The Morgan fingerprint density at radius 3 is 2.58 bits per heavy atom. The van der Waals surface area contributed by atoms with Gasteiger partial charge in [0.25, 0.3) is 0 Å². The fourth-order valence-electron chi connectivity index (χ4n) is 2.69. The van der Waals surface area contributed by atoms with Gasteiger partial charge in [-0.3, -0.25) is 0 Å². The van der Waals surface area contributed by atoms with Gasteiger partial charge in [-0.05, 0) is 37.0 Å². The molecular formula is C16H19N3. The SMILES string of the molecule is CCNc1cc(NC2Cc3ccccc3C2)ccn1. The molecule has 0 aliphatic heterocycles. The molecular weight excluding hydrogens is 234 g/mol. The third-order valence-corrected chi connectivity index (χ3v) is 3.54. The summed E-state index contributed by atoms with van der Waals surface area (Å²) in [5.74, 6) is 0.933. The van der Waals surface area contributed by atoms with Crippen LogP contribution in [0.2, 0.25) is 0 Å². The summed E-state index contributed by atoms with van der Waals surface area (Å²) in [6, 6.07) is 13.3. The van der Waals surface area contributed by atoms with E-state index in [-0.39, 0.29) is 0 Å². The van der Waals surface area contributed by atoms with Crippen LogP contribution in [0.1, 0.15) is 18.1 Å². The first-order chi connectivity index (χ1) is 9.35. The highest BCUT2D eigenvalue weighted by Gasteiger charge is 2.20. The summed E-state index contributed by atoms with van der Waals surface area (Å²) in [6.45, 7) is 2.97. The Hall–Kier alpha value is -2.03. The van der Waals surface area contributed by atoms with E-state index >= 15 is 0 Å². The lowest BCUT2D eigenvalue weighted by Crippen LogP contribution is -2.19. The largest absolute Gasteiger partial charge is 0.381 e. The Morgan fingerprint density at radius 1 is 1.16 bits per heavy atom. The molecule has 0 fully saturated rings. The number of nitrogens with zero attached hydrogens (tertiary/aromatic N) is 1. The Balaban J connectivity index is 1.69. The predicted molar refractivity (Wildman–Crippen MR) is 79.7 cm³/mol. The molecule has 1 heterocycles. The van der Waals surface area contributed by atoms with Crippen molar-refractivity contribution in [1.82, 2.24) is 4.98 Å². The number of anilines is 2. The fourth-order valence-corrected chi connectivity index (χ4v) is 2.69. The number of fused-ring (bicyclic) bond motifs is 1. The number of hydrogen-bond donors (Lipinski definition) is 2. The van der Waals surface area contributed by atoms with Crippen molar-refractivity contribution in [1.29, 1.82) is 0 Å². The van der Waals surface area contributed by atoms with Crippen molar-refractivity contribution in [3.8, 4) is 0 Å². The van der Waals surface area contributed by atoms with Crippen LogP contribution < -0.4 is 10.6 Å². The smallest absolute Gasteiger partial charge is 0.127 e. The van der Waals surface area contributed by atoms with Crippen molar-refractivity contribution in [3.05, 3.63) is 53.7 Å². The highest BCUT2D eigenvalue weighted by atomic mass is 15.0. The van der Waals surface area contributed by atoms with E-state index in [0.29, 0.717) is 6.04 Å². The van der Waals surface area contributed by atoms with Gasteiger partial charge in [0, 0.05) is 30.5 Å². The predicted octanol–water partition coefficient (Wildman–Crippen LogP) is 3.09. The molecule has 0 amide bonds. The summed E-state index contributed by atoms with van der Waals surface area (Å²) in [5.41, 5.74) is 4.09. The lowest BCUT2D eigenvalue weighted by Gasteiger charge is -2.14. The summed E-state index contributed by atoms with van der Waals surface area (Å²) in [6.07, 6.45) is 4.06. The lowest BCUT2D eigenvalue weighted by molar-refractivity contribution is 0.774. The number of aromatic nitrogens is 1. The zero-order valence-corrected chi connectivity index (χ0v) is 11.2. The van der Waals surface area contributed by atoms with Crippen LogP contribution in [0.15, 0.2) is 42.6 Å². The van der Waals surface area contributed by atoms with E-state index < -0.39 is 0 Å². The summed E-state index contributed by atoms with van der Waals surface area (Å²) in [5, 5.41) is 6.85. The Kier molecular flexibility index (Phi) is 3.36. The highest BCUT2D eigenvalue weighted by Crippen LogP contribution is 2.24. The number of benzene rings is 1. The van der Waals surface area contributed by atoms with Gasteiger partial charge in [0.05, 0.1) is 0 Å². The van der Waals surface area contributed by atoms with Crippen LogP contribution in [-0.4, -0.2) is 17.6 Å². The van der Waals surface area contributed by atoms with E-state index in [9.17, 15) is 0 Å². The van der Waals surface area contributed by atoms with Crippen molar-refractivity contribution in [2.45, 2.75) is 25.8 Å². The molecule has 98 valence electrons. The van der Waals surface area contributed by atoms with Gasteiger partial charge in [-0.25, -0.2) is 4.98 Å². The van der Waals surface area contributed by atoms with Crippen molar-refractivity contribution in [3.63, 3.8) is 0 Å². The van der Waals surface area contributed by atoms with Gasteiger partial charge in [0.1, 0.15) is 5.82 Å². The lowest BCUT2D eigenvalue weighted by atomic mass is 10.1. The molecule has 0 saturated heterocycles. The Morgan fingerprint density at radius 2 is 1.89 bits per heavy atom. The number of rotatable bonds is 4. The number of nitrogens with one attached hydrogen (secondary N) is 2. The molecule has 3 heteroatoms. The Bertz CT molecular complexity index is 540. The molecule has 1 aliphatic carbocycles. The quantitative estimate of drug-likeness (QED) is 0.879. The maximum atomic E-state index is 4.29. The molecule has 1 aromatic carbocycles. The second-order valence-corrected chi connectivity index (χ2v) is 4.98. The zero-order valence-electron chi connectivity index (χ0n) is 11.2. The molecule has 19 heavy (non-hydrogen) atoms. The fraction of sp³-hybridized carbons (Fsp3) is 0.312. The maximum Gasteiger partial charge on any atom is 0.127 e. The van der Waals surface area contributed by atoms with E-state index in [1.54, 1.807) is 0 Å². The van der Waals surface area contributed by atoms with Crippen LogP contribution >= 0.6 is 0 Å². The van der Waals surface area contributed by atoms with Crippen molar-refractivity contribution in [2.75, 3.05) is 17.2 Å².